The number of hydrogen-bond acceptors (Lipinski definition) is 1. The normalized spacial score (nSPS) is 11.1. The minimum Gasteiger partial charge on any atom is -0.805 e. The fraction of sp³-hybridized carbons (Fsp3) is 0.250. The van der Waals surface area contributed by atoms with Crippen LogP contribution in [0.3, 0.4) is 0 Å². The van der Waals surface area contributed by atoms with Gasteiger partial charge in [0.15, 0.2) is 0 Å². The van der Waals surface area contributed by atoms with E-state index in [9.17, 15) is 0 Å². The van der Waals surface area contributed by atoms with Gasteiger partial charge in [-0.25, -0.2) is 0 Å². The molecule has 2 nitrogen and oxygen atoms in total. The molecule has 0 amide bonds. The Hall–Kier alpha value is -0.293. The SMILES string of the molecule is [CH-]=C(C)N=[C-]/C(C)=C\C(=[N-])Cl.[Li+]. The number of rotatable bonds is 3. The van der Waals surface area contributed by atoms with Gasteiger partial charge in [-0.15, -0.1) is 29.3 Å². The first-order chi connectivity index (χ1) is 5.02. The second-order valence-corrected chi connectivity index (χ2v) is 2.40. The summed E-state index contributed by atoms with van der Waals surface area (Å²) >= 11 is 5.16. The molecule has 0 rings (SSSR count). The average molecular weight is 175 g/mol. The number of allylic oxidation sites excluding steroid dienone is 3. The van der Waals surface area contributed by atoms with Gasteiger partial charge in [-0.05, 0) is 0 Å². The summed E-state index contributed by atoms with van der Waals surface area (Å²) in [5.74, 6) is 0. The first-order valence-corrected chi connectivity index (χ1v) is 3.35. The molecule has 0 spiro atoms. The van der Waals surface area contributed by atoms with Gasteiger partial charge in [0.1, 0.15) is 0 Å². The van der Waals surface area contributed by atoms with Gasteiger partial charge >= 0.3 is 18.9 Å². The summed E-state index contributed by atoms with van der Waals surface area (Å²) in [6.45, 7) is 8.57. The second kappa shape index (κ2) is 7.36. The van der Waals surface area contributed by atoms with Crippen LogP contribution in [0.5, 0.6) is 0 Å². The van der Waals surface area contributed by atoms with E-state index in [0.29, 0.717) is 11.3 Å². The van der Waals surface area contributed by atoms with Crippen molar-refractivity contribution in [1.82, 2.24) is 0 Å². The molecule has 60 valence electrons. The quantitative estimate of drug-likeness (QED) is 0.312. The van der Waals surface area contributed by atoms with Gasteiger partial charge in [-0.1, -0.05) is 13.1 Å². The molecule has 0 fully saturated rings. The average Bonchev–Trinajstić information content (AvgIpc) is 1.82. The van der Waals surface area contributed by atoms with Crippen LogP contribution < -0.4 is 18.9 Å². The van der Waals surface area contributed by atoms with Crippen LogP contribution in [0.2, 0.25) is 0 Å². The van der Waals surface area contributed by atoms with E-state index < -0.39 is 0 Å². The van der Waals surface area contributed by atoms with E-state index >= 15 is 0 Å². The Labute approximate surface area is 90.1 Å². The molecule has 0 bridgehead atoms. The molecule has 0 aromatic rings. The Morgan fingerprint density at radius 2 is 2.08 bits per heavy atom. The molecule has 0 aromatic heterocycles. The van der Waals surface area contributed by atoms with Gasteiger partial charge in [0.2, 0.25) is 0 Å². The monoisotopic (exact) mass is 174 g/mol. The minimum absolute atomic E-state index is 0. The molecule has 0 aromatic carbocycles. The first-order valence-electron chi connectivity index (χ1n) is 2.98. The summed E-state index contributed by atoms with van der Waals surface area (Å²) < 4.78 is 0. The summed E-state index contributed by atoms with van der Waals surface area (Å²) in [7, 11) is 0. The molecule has 4 heteroatoms. The third-order valence-corrected chi connectivity index (χ3v) is 0.853. The zero-order chi connectivity index (χ0) is 8.85. The molecule has 0 saturated carbocycles. The molecule has 0 aliphatic heterocycles. The Morgan fingerprint density at radius 3 is 2.42 bits per heavy atom. The number of aliphatic imine (C=N–C) groups is 1. The van der Waals surface area contributed by atoms with Crippen LogP contribution in [0.4, 0.5) is 0 Å². The van der Waals surface area contributed by atoms with Crippen molar-refractivity contribution in [3.63, 3.8) is 0 Å². The molecule has 0 N–H and O–H groups in total. The second-order valence-electron chi connectivity index (χ2n) is 2.02. The van der Waals surface area contributed by atoms with Crippen molar-refractivity contribution in [2.75, 3.05) is 0 Å². The van der Waals surface area contributed by atoms with Crippen LogP contribution in [0.1, 0.15) is 13.8 Å². The third kappa shape index (κ3) is 9.71. The number of hydrogen-bond donors (Lipinski definition) is 0. The minimum atomic E-state index is -0.292. The Bertz CT molecular complexity index is 231. The zero-order valence-electron chi connectivity index (χ0n) is 7.43. The van der Waals surface area contributed by atoms with Crippen LogP contribution in [-0.2, 0) is 0 Å². The summed E-state index contributed by atoms with van der Waals surface area (Å²) in [6, 6.07) is 0. The number of nitrogens with zero attached hydrogens (tertiary/aromatic N) is 2. The molecule has 12 heavy (non-hydrogen) atoms. The van der Waals surface area contributed by atoms with E-state index in [0.717, 1.165) is 0 Å². The predicted molar refractivity (Wildman–Crippen MR) is 48.9 cm³/mol. The molecular formula is C8H8ClLiN2-2. The van der Waals surface area contributed by atoms with Crippen molar-refractivity contribution in [2.24, 2.45) is 4.99 Å². The molecule has 0 saturated heterocycles. The van der Waals surface area contributed by atoms with Crippen LogP contribution in [0, 0.1) is 6.58 Å². The van der Waals surface area contributed by atoms with Gasteiger partial charge in [-0.3, -0.25) is 5.70 Å². The Kier molecular flexibility index (Phi) is 8.74. The topological polar surface area (TPSA) is 34.7 Å². The van der Waals surface area contributed by atoms with Crippen LogP contribution in [0.25, 0.3) is 5.41 Å². The molecular weight excluding hydrogens is 166 g/mol. The van der Waals surface area contributed by atoms with E-state index in [4.69, 9.17) is 23.6 Å². The van der Waals surface area contributed by atoms with E-state index in [1.165, 1.54) is 6.08 Å². The zero-order valence-corrected chi connectivity index (χ0v) is 8.18. The van der Waals surface area contributed by atoms with E-state index in [2.05, 4.69) is 11.2 Å². The maximum absolute atomic E-state index is 8.57. The van der Waals surface area contributed by atoms with Gasteiger partial charge in [0, 0.05) is 0 Å². The summed E-state index contributed by atoms with van der Waals surface area (Å²) in [5, 5.41) is 8.28. The summed E-state index contributed by atoms with van der Waals surface area (Å²) in [5.41, 5.74) is 1.02. The summed E-state index contributed by atoms with van der Waals surface area (Å²) in [6.07, 6.45) is 3.90. The molecule has 0 atom stereocenters. The van der Waals surface area contributed by atoms with Crippen LogP contribution in [0.15, 0.2) is 22.3 Å². The summed E-state index contributed by atoms with van der Waals surface area (Å²) in [4.78, 5) is 3.67. The van der Waals surface area contributed by atoms with Crippen molar-refractivity contribution in [1.29, 1.82) is 0 Å². The van der Waals surface area contributed by atoms with E-state index in [1.807, 2.05) is 0 Å². The van der Waals surface area contributed by atoms with E-state index in [1.54, 1.807) is 13.8 Å². The van der Waals surface area contributed by atoms with Crippen molar-refractivity contribution in [2.45, 2.75) is 13.8 Å². The van der Waals surface area contributed by atoms with Crippen LogP contribution >= 0.6 is 11.6 Å². The molecule has 0 aliphatic rings. The maximum atomic E-state index is 8.57. The number of halogens is 1. The smallest absolute Gasteiger partial charge is 0.805 e. The molecule has 0 radical (unpaired) electrons. The van der Waals surface area contributed by atoms with Crippen molar-refractivity contribution < 1.29 is 18.9 Å². The predicted octanol–water partition coefficient (Wildman–Crippen LogP) is -0.572. The van der Waals surface area contributed by atoms with Gasteiger partial charge in [-0.2, -0.15) is 6.08 Å². The van der Waals surface area contributed by atoms with Gasteiger partial charge in [0.05, 0.1) is 0 Å². The largest absolute Gasteiger partial charge is 1.00 e. The van der Waals surface area contributed by atoms with Crippen molar-refractivity contribution >= 4 is 23.0 Å². The Morgan fingerprint density at radius 1 is 1.58 bits per heavy atom. The van der Waals surface area contributed by atoms with Crippen LogP contribution in [-0.4, -0.2) is 11.4 Å². The van der Waals surface area contributed by atoms with Crippen molar-refractivity contribution in [3.8, 4) is 0 Å². The van der Waals surface area contributed by atoms with Gasteiger partial charge < -0.3 is 17.0 Å². The standard InChI is InChI=1S/C8H8ClN2.Li/c1-6(2)11-5-7(3)4-8(9)10;/h1,4H,2-3H3;/q-3;+1/b7-4-;. The maximum Gasteiger partial charge on any atom is 1.00 e. The third-order valence-electron chi connectivity index (χ3n) is 0.744. The fourth-order valence-electron chi connectivity index (χ4n) is 0.387. The van der Waals surface area contributed by atoms with Crippen molar-refractivity contribution in [3.05, 3.63) is 29.3 Å². The van der Waals surface area contributed by atoms with E-state index in [-0.39, 0.29) is 24.0 Å². The molecule has 0 unspecified atom stereocenters. The fourth-order valence-corrected chi connectivity index (χ4v) is 0.551. The molecule has 0 aliphatic carbocycles. The first kappa shape index (κ1) is 14.2. The van der Waals surface area contributed by atoms with Gasteiger partial charge in [0.25, 0.3) is 0 Å². The molecule has 0 heterocycles. The Balaban J connectivity index is 0.